The number of ether oxygens (including phenoxy) is 1. The number of para-hydroxylation sites is 1. The summed E-state index contributed by atoms with van der Waals surface area (Å²) in [5, 5.41) is 23.1. The van der Waals surface area contributed by atoms with Crippen LogP contribution in [0, 0.1) is 16.0 Å². The molecule has 1 aliphatic carbocycles. The van der Waals surface area contributed by atoms with Crippen molar-refractivity contribution in [2.75, 3.05) is 13.7 Å². The third kappa shape index (κ3) is 3.05. The lowest BCUT2D eigenvalue weighted by atomic mass is 10.1. The molecule has 0 spiro atoms. The summed E-state index contributed by atoms with van der Waals surface area (Å²) in [4.78, 5) is 22.3. The third-order valence-corrected chi connectivity index (χ3v) is 3.28. The molecule has 0 radical (unpaired) electrons. The minimum Gasteiger partial charge on any atom is -0.490 e. The van der Waals surface area contributed by atoms with E-state index >= 15 is 0 Å². The van der Waals surface area contributed by atoms with Crippen LogP contribution in [0.3, 0.4) is 0 Å². The van der Waals surface area contributed by atoms with Gasteiger partial charge >= 0.3 is 5.69 Å². The molecule has 1 fully saturated rings. The monoisotopic (exact) mass is 280 g/mol. The molecule has 1 unspecified atom stereocenters. The summed E-state index contributed by atoms with van der Waals surface area (Å²) < 4.78 is 4.96. The first-order chi connectivity index (χ1) is 9.54. The number of nitro benzene ring substituents is 1. The number of rotatable bonds is 6. The number of aliphatic hydroxyl groups excluding tert-OH is 1. The molecule has 1 saturated carbocycles. The van der Waals surface area contributed by atoms with E-state index in [1.165, 1.54) is 25.3 Å². The fourth-order valence-electron chi connectivity index (χ4n) is 2.00. The number of benzene rings is 1. The molecule has 7 heteroatoms. The highest BCUT2D eigenvalue weighted by Gasteiger charge is 2.30. The Morgan fingerprint density at radius 1 is 1.60 bits per heavy atom. The van der Waals surface area contributed by atoms with Gasteiger partial charge in [0.2, 0.25) is 5.75 Å². The molecule has 0 saturated heterocycles. The summed E-state index contributed by atoms with van der Waals surface area (Å²) in [6.07, 6.45) is 1.37. The molecule has 20 heavy (non-hydrogen) atoms. The Hall–Kier alpha value is -2.15. The molecule has 0 aromatic heterocycles. The Morgan fingerprint density at radius 2 is 2.30 bits per heavy atom. The summed E-state index contributed by atoms with van der Waals surface area (Å²) in [5.74, 6) is -0.316. The van der Waals surface area contributed by atoms with Gasteiger partial charge in [0.05, 0.1) is 23.7 Å². The Labute approximate surface area is 115 Å². The number of hydrogen-bond acceptors (Lipinski definition) is 5. The molecular weight excluding hydrogens is 264 g/mol. The smallest absolute Gasteiger partial charge is 0.311 e. The van der Waals surface area contributed by atoms with E-state index in [0.29, 0.717) is 0 Å². The Balaban J connectivity index is 2.12. The fraction of sp³-hybridized carbons (Fsp3) is 0.462. The largest absolute Gasteiger partial charge is 0.490 e. The highest BCUT2D eigenvalue weighted by atomic mass is 16.6. The van der Waals surface area contributed by atoms with Gasteiger partial charge in [-0.25, -0.2) is 0 Å². The average Bonchev–Trinajstić information content (AvgIpc) is 3.27. The number of aliphatic hydroxyl groups is 1. The Kier molecular flexibility index (Phi) is 4.19. The maximum absolute atomic E-state index is 12.0. The second kappa shape index (κ2) is 5.87. The van der Waals surface area contributed by atoms with Gasteiger partial charge in [0.1, 0.15) is 0 Å². The first-order valence-electron chi connectivity index (χ1n) is 6.32. The van der Waals surface area contributed by atoms with Crippen molar-refractivity contribution in [2.45, 2.75) is 18.9 Å². The predicted octanol–water partition coefficient (Wildman–Crippen LogP) is 1.10. The van der Waals surface area contributed by atoms with Crippen molar-refractivity contribution in [3.8, 4) is 5.75 Å². The predicted molar refractivity (Wildman–Crippen MR) is 70.7 cm³/mol. The van der Waals surface area contributed by atoms with Crippen LogP contribution in [0.2, 0.25) is 0 Å². The first-order valence-corrected chi connectivity index (χ1v) is 6.32. The molecular formula is C13H16N2O5. The molecule has 1 aliphatic rings. The summed E-state index contributed by atoms with van der Waals surface area (Å²) in [5.41, 5.74) is -0.174. The van der Waals surface area contributed by atoms with Gasteiger partial charge in [0, 0.05) is 12.6 Å². The van der Waals surface area contributed by atoms with Gasteiger partial charge in [0.25, 0.3) is 5.91 Å². The van der Waals surface area contributed by atoms with Crippen molar-refractivity contribution >= 4 is 11.6 Å². The van der Waals surface area contributed by atoms with Gasteiger partial charge in [-0.1, -0.05) is 6.07 Å². The van der Waals surface area contributed by atoms with E-state index in [1.807, 2.05) is 0 Å². The first kappa shape index (κ1) is 14.3. The van der Waals surface area contributed by atoms with Gasteiger partial charge in [-0.2, -0.15) is 0 Å². The molecule has 0 bridgehead atoms. The lowest BCUT2D eigenvalue weighted by Gasteiger charge is -2.12. The van der Waals surface area contributed by atoms with Crippen LogP contribution in [0.25, 0.3) is 0 Å². The lowest BCUT2D eigenvalue weighted by Crippen LogP contribution is -2.33. The van der Waals surface area contributed by atoms with E-state index in [-0.39, 0.29) is 29.5 Å². The number of carbonyl (C=O) groups excluding carboxylic acids is 1. The van der Waals surface area contributed by atoms with E-state index < -0.39 is 16.9 Å². The summed E-state index contributed by atoms with van der Waals surface area (Å²) in [7, 11) is 1.28. The van der Waals surface area contributed by atoms with Gasteiger partial charge in [-0.3, -0.25) is 14.9 Å². The highest BCUT2D eigenvalue weighted by Crippen LogP contribution is 2.33. The molecule has 0 heterocycles. The molecule has 108 valence electrons. The molecule has 0 aliphatic heterocycles. The summed E-state index contributed by atoms with van der Waals surface area (Å²) in [6.45, 7) is 0.134. The zero-order valence-electron chi connectivity index (χ0n) is 11.0. The lowest BCUT2D eigenvalue weighted by molar-refractivity contribution is -0.385. The summed E-state index contributed by atoms with van der Waals surface area (Å²) in [6, 6.07) is 4.15. The quantitative estimate of drug-likeness (QED) is 0.600. The van der Waals surface area contributed by atoms with Crippen molar-refractivity contribution in [1.29, 1.82) is 0 Å². The third-order valence-electron chi connectivity index (χ3n) is 3.28. The second-order valence-corrected chi connectivity index (χ2v) is 4.73. The van der Waals surface area contributed by atoms with Crippen LogP contribution in [0.15, 0.2) is 18.2 Å². The molecule has 7 nitrogen and oxygen atoms in total. The molecule has 2 N–H and O–H groups in total. The van der Waals surface area contributed by atoms with Crippen molar-refractivity contribution in [2.24, 2.45) is 5.92 Å². The zero-order valence-corrected chi connectivity index (χ0v) is 11.0. The molecule has 1 aromatic carbocycles. The highest BCUT2D eigenvalue weighted by molar-refractivity contribution is 5.98. The van der Waals surface area contributed by atoms with Crippen LogP contribution >= 0.6 is 0 Å². The minimum absolute atomic E-state index is 0.0732. The maximum Gasteiger partial charge on any atom is 0.311 e. The number of carbonyl (C=O) groups is 1. The topological polar surface area (TPSA) is 102 Å². The normalized spacial score (nSPS) is 15.5. The van der Waals surface area contributed by atoms with Crippen LogP contribution in [-0.4, -0.2) is 35.7 Å². The standard InChI is InChI=1S/C13H16N2O5/c1-20-12-9(3-2-4-10(12)15(18)19)13(17)14-7-11(16)8-5-6-8/h2-4,8,11,16H,5-7H2,1H3,(H,14,17). The van der Waals surface area contributed by atoms with Gasteiger partial charge in [-0.05, 0) is 24.8 Å². The van der Waals surface area contributed by atoms with E-state index in [4.69, 9.17) is 4.74 Å². The number of amides is 1. The molecule has 1 amide bonds. The molecule has 2 rings (SSSR count). The van der Waals surface area contributed by atoms with Crippen molar-refractivity contribution in [3.05, 3.63) is 33.9 Å². The van der Waals surface area contributed by atoms with Crippen molar-refractivity contribution in [1.82, 2.24) is 5.32 Å². The molecule has 1 atom stereocenters. The zero-order chi connectivity index (χ0) is 14.7. The number of methoxy groups -OCH3 is 1. The average molecular weight is 280 g/mol. The Bertz CT molecular complexity index is 527. The van der Waals surface area contributed by atoms with Gasteiger partial charge in [-0.15, -0.1) is 0 Å². The van der Waals surface area contributed by atoms with Crippen LogP contribution in [0.1, 0.15) is 23.2 Å². The Morgan fingerprint density at radius 3 is 2.85 bits per heavy atom. The van der Waals surface area contributed by atoms with E-state index in [1.54, 1.807) is 0 Å². The van der Waals surface area contributed by atoms with Crippen LogP contribution in [0.4, 0.5) is 5.69 Å². The van der Waals surface area contributed by atoms with Gasteiger partial charge < -0.3 is 15.2 Å². The minimum atomic E-state index is -0.603. The van der Waals surface area contributed by atoms with Crippen LogP contribution in [0.5, 0.6) is 5.75 Å². The van der Waals surface area contributed by atoms with Crippen molar-refractivity contribution in [3.63, 3.8) is 0 Å². The van der Waals surface area contributed by atoms with Crippen molar-refractivity contribution < 1.29 is 19.6 Å². The maximum atomic E-state index is 12.0. The second-order valence-electron chi connectivity index (χ2n) is 4.73. The van der Waals surface area contributed by atoms with Crippen LogP contribution in [-0.2, 0) is 0 Å². The SMILES string of the molecule is COc1c(C(=O)NCC(O)C2CC2)cccc1[N+](=O)[O-]. The van der Waals surface area contributed by atoms with E-state index in [2.05, 4.69) is 5.32 Å². The van der Waals surface area contributed by atoms with E-state index in [0.717, 1.165) is 12.8 Å². The fourth-order valence-corrected chi connectivity index (χ4v) is 2.00. The molecule has 1 aromatic rings. The van der Waals surface area contributed by atoms with E-state index in [9.17, 15) is 20.0 Å². The summed E-state index contributed by atoms with van der Waals surface area (Å²) >= 11 is 0. The number of nitro groups is 1. The number of nitrogens with zero attached hydrogens (tertiary/aromatic N) is 1. The van der Waals surface area contributed by atoms with Gasteiger partial charge in [0.15, 0.2) is 0 Å². The van der Waals surface area contributed by atoms with Crippen LogP contribution < -0.4 is 10.1 Å². The number of nitrogens with one attached hydrogen (secondary N) is 1. The number of hydrogen-bond donors (Lipinski definition) is 2.